The Labute approximate surface area is 189 Å². The summed E-state index contributed by atoms with van der Waals surface area (Å²) in [7, 11) is 0. The van der Waals surface area contributed by atoms with E-state index in [0.29, 0.717) is 33.2 Å². The first kappa shape index (κ1) is 21.6. The van der Waals surface area contributed by atoms with Crippen LogP contribution in [0.4, 0.5) is 31.8 Å². The Morgan fingerprint density at radius 1 is 1.13 bits per heavy atom. The lowest BCUT2D eigenvalue weighted by Crippen LogP contribution is -2.20. The first-order chi connectivity index (χ1) is 14.9. The van der Waals surface area contributed by atoms with E-state index in [1.54, 1.807) is 18.5 Å². The number of nitrogens with zero attached hydrogens (tertiary/aromatic N) is 3. The summed E-state index contributed by atoms with van der Waals surface area (Å²) in [6, 6.07) is 7.40. The fourth-order valence-corrected chi connectivity index (χ4v) is 4.34. The summed E-state index contributed by atoms with van der Waals surface area (Å²) in [5, 5.41) is 3.52. The van der Waals surface area contributed by atoms with Gasteiger partial charge in [0.2, 0.25) is 5.95 Å². The molecule has 1 fully saturated rings. The number of hydrogen-bond acceptors (Lipinski definition) is 6. The molecule has 0 saturated carbocycles. The van der Waals surface area contributed by atoms with Crippen molar-refractivity contribution in [3.05, 3.63) is 64.9 Å². The fourth-order valence-electron chi connectivity index (χ4n) is 3.42. The van der Waals surface area contributed by atoms with Crippen LogP contribution in [0, 0.1) is 24.5 Å². The van der Waals surface area contributed by atoms with Crippen molar-refractivity contribution in [3.63, 3.8) is 0 Å². The minimum atomic E-state index is -0.449. The average molecular weight is 462 g/mol. The Morgan fingerprint density at radius 2 is 1.90 bits per heavy atom. The summed E-state index contributed by atoms with van der Waals surface area (Å²) >= 11 is 7.47. The Hall–Kier alpha value is -2.58. The molecule has 1 aliphatic rings. The van der Waals surface area contributed by atoms with E-state index in [4.69, 9.17) is 11.6 Å². The number of rotatable bonds is 6. The summed E-state index contributed by atoms with van der Waals surface area (Å²) in [6.07, 6.45) is 4.40. The number of aryl methyl sites for hydroxylation is 1. The van der Waals surface area contributed by atoms with Crippen molar-refractivity contribution in [1.29, 1.82) is 0 Å². The van der Waals surface area contributed by atoms with Crippen molar-refractivity contribution >= 4 is 46.6 Å². The van der Waals surface area contributed by atoms with Gasteiger partial charge in [-0.3, -0.25) is 4.72 Å². The van der Waals surface area contributed by atoms with E-state index in [1.807, 2.05) is 6.92 Å². The van der Waals surface area contributed by atoms with Crippen LogP contribution < -0.4 is 14.9 Å². The van der Waals surface area contributed by atoms with Gasteiger partial charge in [0, 0.05) is 31.5 Å². The van der Waals surface area contributed by atoms with E-state index in [0.717, 1.165) is 42.7 Å². The molecule has 1 aliphatic heterocycles. The van der Waals surface area contributed by atoms with Gasteiger partial charge in [-0.1, -0.05) is 18.5 Å². The molecule has 5 nitrogen and oxygen atoms in total. The fraction of sp³-hybridized carbons (Fsp3) is 0.273. The normalized spacial score (nSPS) is 15.9. The Balaban J connectivity index is 1.53. The molecule has 9 heteroatoms. The monoisotopic (exact) mass is 461 g/mol. The molecule has 162 valence electrons. The van der Waals surface area contributed by atoms with Gasteiger partial charge >= 0.3 is 0 Å². The molecule has 0 bridgehead atoms. The highest BCUT2D eigenvalue weighted by molar-refractivity contribution is 8.00. The van der Waals surface area contributed by atoms with E-state index >= 15 is 0 Å². The SMILES string of the molecule is Cc1cnc(NSc2cc(Cl)c(Nc3ccc(F)cc3N3CCC(C)C3)cc2F)nc1. The van der Waals surface area contributed by atoms with Crippen LogP contribution in [0.5, 0.6) is 0 Å². The molecule has 1 aromatic heterocycles. The van der Waals surface area contributed by atoms with E-state index in [9.17, 15) is 8.78 Å². The van der Waals surface area contributed by atoms with Crippen LogP contribution in [-0.4, -0.2) is 23.1 Å². The van der Waals surface area contributed by atoms with Gasteiger partial charge in [0.1, 0.15) is 11.6 Å². The summed E-state index contributed by atoms with van der Waals surface area (Å²) < 4.78 is 31.6. The topological polar surface area (TPSA) is 53.1 Å². The predicted molar refractivity (Wildman–Crippen MR) is 123 cm³/mol. The second kappa shape index (κ2) is 9.28. The van der Waals surface area contributed by atoms with E-state index < -0.39 is 5.82 Å². The molecule has 0 amide bonds. The molecule has 1 unspecified atom stereocenters. The second-order valence-corrected chi connectivity index (χ2v) is 8.93. The van der Waals surface area contributed by atoms with Crippen molar-refractivity contribution in [1.82, 2.24) is 9.97 Å². The first-order valence-electron chi connectivity index (χ1n) is 9.91. The van der Waals surface area contributed by atoms with E-state index in [2.05, 4.69) is 31.8 Å². The van der Waals surface area contributed by atoms with Crippen LogP contribution in [0.15, 0.2) is 47.6 Å². The lowest BCUT2D eigenvalue weighted by Gasteiger charge is -2.23. The lowest BCUT2D eigenvalue weighted by atomic mass is 10.2. The van der Waals surface area contributed by atoms with Crippen molar-refractivity contribution < 1.29 is 8.78 Å². The van der Waals surface area contributed by atoms with Crippen LogP contribution >= 0.6 is 23.5 Å². The zero-order valence-electron chi connectivity index (χ0n) is 17.1. The van der Waals surface area contributed by atoms with Gasteiger partial charge in [-0.05, 0) is 61.0 Å². The highest BCUT2D eigenvalue weighted by Crippen LogP contribution is 2.37. The molecule has 31 heavy (non-hydrogen) atoms. The van der Waals surface area contributed by atoms with Gasteiger partial charge in [0.25, 0.3) is 0 Å². The molecular weight excluding hydrogens is 440 g/mol. The molecule has 0 radical (unpaired) electrons. The minimum Gasteiger partial charge on any atom is -0.369 e. The highest BCUT2D eigenvalue weighted by atomic mass is 35.5. The van der Waals surface area contributed by atoms with E-state index in [-0.39, 0.29) is 5.82 Å². The molecular formula is C22H22ClF2N5S. The highest BCUT2D eigenvalue weighted by Gasteiger charge is 2.22. The third kappa shape index (κ3) is 5.19. The molecule has 0 aliphatic carbocycles. The Morgan fingerprint density at radius 3 is 2.61 bits per heavy atom. The molecule has 0 spiro atoms. The Bertz CT molecular complexity index is 1080. The Kier molecular flexibility index (Phi) is 6.48. The average Bonchev–Trinajstić information content (AvgIpc) is 3.18. The van der Waals surface area contributed by atoms with Crippen LogP contribution in [-0.2, 0) is 0 Å². The smallest absolute Gasteiger partial charge is 0.233 e. The van der Waals surface area contributed by atoms with Crippen molar-refractivity contribution in [3.8, 4) is 0 Å². The summed E-state index contributed by atoms with van der Waals surface area (Å²) in [5.74, 6) is 0.158. The molecule has 2 aromatic carbocycles. The number of benzene rings is 2. The number of nitrogens with one attached hydrogen (secondary N) is 2. The lowest BCUT2D eigenvalue weighted by molar-refractivity contribution is 0.603. The molecule has 4 rings (SSSR count). The summed E-state index contributed by atoms with van der Waals surface area (Å²) in [6.45, 7) is 5.76. The zero-order valence-corrected chi connectivity index (χ0v) is 18.7. The second-order valence-electron chi connectivity index (χ2n) is 7.68. The molecule has 2 N–H and O–H groups in total. The van der Waals surface area contributed by atoms with Gasteiger partial charge in [-0.15, -0.1) is 0 Å². The molecule has 3 aromatic rings. The maximum Gasteiger partial charge on any atom is 0.233 e. The first-order valence-corrected chi connectivity index (χ1v) is 11.1. The predicted octanol–water partition coefficient (Wildman–Crippen LogP) is 6.43. The number of aromatic nitrogens is 2. The van der Waals surface area contributed by atoms with Gasteiger partial charge in [-0.2, -0.15) is 0 Å². The summed E-state index contributed by atoms with van der Waals surface area (Å²) in [4.78, 5) is 10.7. The van der Waals surface area contributed by atoms with Crippen LogP contribution in [0.25, 0.3) is 0 Å². The number of anilines is 4. The zero-order chi connectivity index (χ0) is 22.0. The summed E-state index contributed by atoms with van der Waals surface area (Å²) in [5.41, 5.74) is 2.78. The third-order valence-corrected chi connectivity index (χ3v) is 6.18. The van der Waals surface area contributed by atoms with Crippen molar-refractivity contribution in [2.75, 3.05) is 28.0 Å². The van der Waals surface area contributed by atoms with Crippen LogP contribution in [0.3, 0.4) is 0 Å². The largest absolute Gasteiger partial charge is 0.369 e. The van der Waals surface area contributed by atoms with E-state index in [1.165, 1.54) is 24.3 Å². The maximum atomic E-state index is 14.7. The van der Waals surface area contributed by atoms with Gasteiger partial charge in [0.05, 0.1) is 27.0 Å². The third-order valence-electron chi connectivity index (χ3n) is 5.05. The van der Waals surface area contributed by atoms with Gasteiger partial charge in [0.15, 0.2) is 0 Å². The quantitative estimate of drug-likeness (QED) is 0.413. The van der Waals surface area contributed by atoms with Crippen LogP contribution in [0.2, 0.25) is 5.02 Å². The number of halogens is 3. The van der Waals surface area contributed by atoms with Crippen molar-refractivity contribution in [2.45, 2.75) is 25.2 Å². The van der Waals surface area contributed by atoms with Gasteiger partial charge < -0.3 is 10.2 Å². The molecule has 1 saturated heterocycles. The minimum absolute atomic E-state index is 0.312. The van der Waals surface area contributed by atoms with Gasteiger partial charge in [-0.25, -0.2) is 18.7 Å². The molecule has 1 atom stereocenters. The van der Waals surface area contributed by atoms with Crippen LogP contribution in [0.1, 0.15) is 18.9 Å². The number of hydrogen-bond donors (Lipinski definition) is 2. The van der Waals surface area contributed by atoms with Crippen molar-refractivity contribution in [2.24, 2.45) is 5.92 Å². The standard InChI is InChI=1S/C22H22ClF2N5S/c1-13-5-6-30(12-13)20-7-15(24)3-4-18(20)28-19-9-17(25)21(8-16(19)23)31-29-22-26-10-14(2)11-27-22/h3-4,7-11,13,28H,5-6,12H2,1-2H3,(H,26,27,29). The maximum absolute atomic E-state index is 14.7. The molecule has 2 heterocycles.